The summed E-state index contributed by atoms with van der Waals surface area (Å²) in [5.74, 6) is 0. The monoisotopic (exact) mass is 238 g/mol. The van der Waals surface area contributed by atoms with E-state index in [-0.39, 0.29) is 0 Å². The second kappa shape index (κ2) is 8.39. The molecule has 4 heteroatoms. The number of hydrogen-bond acceptors (Lipinski definition) is 4. The van der Waals surface area contributed by atoms with Gasteiger partial charge in [0.1, 0.15) is 0 Å². The molecule has 0 aromatic rings. The Morgan fingerprint density at radius 3 is 3.00 bits per heavy atom. The quantitative estimate of drug-likeness (QED) is 0.593. The van der Waals surface area contributed by atoms with Gasteiger partial charge in [0.15, 0.2) is 0 Å². The zero-order valence-electron chi connectivity index (χ0n) is 11.3. The summed E-state index contributed by atoms with van der Waals surface area (Å²) >= 11 is 0. The minimum Gasteiger partial charge on any atom is -0.314 e. The van der Waals surface area contributed by atoms with Crippen LogP contribution in [0.2, 0.25) is 0 Å². The highest BCUT2D eigenvalue weighted by atomic mass is 15.1. The van der Waals surface area contributed by atoms with E-state index < -0.39 is 0 Å². The molecule has 1 aliphatic heterocycles. The summed E-state index contributed by atoms with van der Waals surface area (Å²) < 4.78 is 0. The molecular weight excluding hydrogens is 212 g/mol. The van der Waals surface area contributed by atoms with E-state index in [9.17, 15) is 0 Å². The van der Waals surface area contributed by atoms with Gasteiger partial charge in [-0.25, -0.2) is 0 Å². The highest BCUT2D eigenvalue weighted by molar-refractivity contribution is 5.77. The minimum absolute atomic E-state index is 0.335. The zero-order valence-corrected chi connectivity index (χ0v) is 11.3. The Balaban J connectivity index is 2.10. The zero-order chi connectivity index (χ0) is 12.5. The van der Waals surface area contributed by atoms with Crippen molar-refractivity contribution in [3.05, 3.63) is 11.6 Å². The highest BCUT2D eigenvalue weighted by Crippen LogP contribution is 1.92. The Morgan fingerprint density at radius 1 is 1.53 bits per heavy atom. The van der Waals surface area contributed by atoms with Gasteiger partial charge in [-0.1, -0.05) is 6.08 Å². The lowest BCUT2D eigenvalue weighted by molar-refractivity contribution is 0.397. The summed E-state index contributed by atoms with van der Waals surface area (Å²) in [7, 11) is 0. The van der Waals surface area contributed by atoms with Crippen LogP contribution < -0.4 is 16.0 Å². The van der Waals surface area contributed by atoms with Crippen molar-refractivity contribution in [2.24, 2.45) is 4.99 Å². The van der Waals surface area contributed by atoms with E-state index in [0.29, 0.717) is 12.1 Å². The van der Waals surface area contributed by atoms with E-state index in [1.165, 1.54) is 5.57 Å². The van der Waals surface area contributed by atoms with Gasteiger partial charge in [0, 0.05) is 45.0 Å². The van der Waals surface area contributed by atoms with E-state index in [2.05, 4.69) is 40.9 Å². The van der Waals surface area contributed by atoms with E-state index in [0.717, 1.165) is 32.7 Å². The SMILES string of the molecule is C/C=C(/C)C=NC(C)CNCC1CNCCN1. The van der Waals surface area contributed by atoms with Crippen molar-refractivity contribution in [1.29, 1.82) is 0 Å². The topological polar surface area (TPSA) is 48.5 Å². The van der Waals surface area contributed by atoms with Gasteiger partial charge < -0.3 is 16.0 Å². The van der Waals surface area contributed by atoms with E-state index in [4.69, 9.17) is 0 Å². The first-order chi connectivity index (χ1) is 8.22. The van der Waals surface area contributed by atoms with Crippen LogP contribution in [0.3, 0.4) is 0 Å². The molecule has 0 spiro atoms. The van der Waals surface area contributed by atoms with Gasteiger partial charge in [0.25, 0.3) is 0 Å². The van der Waals surface area contributed by atoms with Crippen molar-refractivity contribution in [2.75, 3.05) is 32.7 Å². The van der Waals surface area contributed by atoms with Crippen LogP contribution in [0, 0.1) is 0 Å². The molecule has 0 saturated carbocycles. The summed E-state index contributed by atoms with van der Waals surface area (Å²) in [6.45, 7) is 11.4. The predicted octanol–water partition coefficient (Wildman–Crippen LogP) is 0.563. The average Bonchev–Trinajstić information content (AvgIpc) is 2.37. The smallest absolute Gasteiger partial charge is 0.0595 e. The van der Waals surface area contributed by atoms with Gasteiger partial charge in [-0.15, -0.1) is 0 Å². The first-order valence-corrected chi connectivity index (χ1v) is 6.53. The highest BCUT2D eigenvalue weighted by Gasteiger charge is 2.11. The van der Waals surface area contributed by atoms with Crippen LogP contribution in [-0.4, -0.2) is 51.0 Å². The fourth-order valence-electron chi connectivity index (χ4n) is 1.70. The molecule has 98 valence electrons. The summed E-state index contributed by atoms with van der Waals surface area (Å²) in [5, 5.41) is 10.3. The molecule has 1 saturated heterocycles. The van der Waals surface area contributed by atoms with Crippen LogP contribution in [0.1, 0.15) is 20.8 Å². The van der Waals surface area contributed by atoms with Gasteiger partial charge in [-0.2, -0.15) is 0 Å². The molecule has 0 aromatic heterocycles. The third-order valence-corrected chi connectivity index (χ3v) is 2.94. The molecular formula is C13H26N4. The third kappa shape index (κ3) is 6.56. The molecule has 0 radical (unpaired) electrons. The average molecular weight is 238 g/mol. The molecule has 2 atom stereocenters. The number of hydrogen-bond donors (Lipinski definition) is 3. The summed E-state index contributed by atoms with van der Waals surface area (Å²) in [6.07, 6.45) is 4.02. The molecule has 0 amide bonds. The second-order valence-electron chi connectivity index (χ2n) is 4.67. The van der Waals surface area contributed by atoms with E-state index >= 15 is 0 Å². The Labute approximate surface area is 105 Å². The van der Waals surface area contributed by atoms with Crippen molar-refractivity contribution >= 4 is 6.21 Å². The molecule has 1 fully saturated rings. The maximum absolute atomic E-state index is 4.49. The number of piperazine rings is 1. The maximum Gasteiger partial charge on any atom is 0.0595 e. The predicted molar refractivity (Wildman–Crippen MR) is 74.9 cm³/mol. The summed E-state index contributed by atoms with van der Waals surface area (Å²) in [5.41, 5.74) is 1.22. The Hall–Kier alpha value is -0.710. The van der Waals surface area contributed by atoms with Crippen molar-refractivity contribution in [3.63, 3.8) is 0 Å². The standard InChI is InChI=1S/C13H26N4/c1-4-11(2)7-17-12(3)8-15-10-13-9-14-5-6-16-13/h4,7,12-16H,5-6,8-10H2,1-3H3/b11-4-,17-7?. The second-order valence-corrected chi connectivity index (χ2v) is 4.67. The van der Waals surface area contributed by atoms with Gasteiger partial charge >= 0.3 is 0 Å². The minimum atomic E-state index is 0.335. The number of aliphatic imine (C=N–C) groups is 1. The van der Waals surface area contributed by atoms with Gasteiger partial charge in [0.2, 0.25) is 0 Å². The first kappa shape index (κ1) is 14.4. The largest absolute Gasteiger partial charge is 0.314 e. The normalized spacial score (nSPS) is 24.2. The molecule has 17 heavy (non-hydrogen) atoms. The molecule has 1 rings (SSSR count). The molecule has 1 heterocycles. The van der Waals surface area contributed by atoms with E-state index in [1.807, 2.05) is 13.1 Å². The van der Waals surface area contributed by atoms with Gasteiger partial charge in [-0.05, 0) is 26.3 Å². The molecule has 0 bridgehead atoms. The molecule has 0 aliphatic carbocycles. The van der Waals surface area contributed by atoms with Crippen LogP contribution in [0.25, 0.3) is 0 Å². The van der Waals surface area contributed by atoms with Crippen molar-refractivity contribution < 1.29 is 0 Å². The fraction of sp³-hybridized carbons (Fsp3) is 0.769. The van der Waals surface area contributed by atoms with Gasteiger partial charge in [0.05, 0.1) is 6.04 Å². The number of nitrogens with zero attached hydrogens (tertiary/aromatic N) is 1. The summed E-state index contributed by atoms with van der Waals surface area (Å²) in [4.78, 5) is 4.49. The number of nitrogens with one attached hydrogen (secondary N) is 3. The van der Waals surface area contributed by atoms with Crippen LogP contribution in [0.4, 0.5) is 0 Å². The summed E-state index contributed by atoms with van der Waals surface area (Å²) in [6, 6.07) is 0.888. The van der Waals surface area contributed by atoms with Crippen molar-refractivity contribution in [1.82, 2.24) is 16.0 Å². The molecule has 4 nitrogen and oxygen atoms in total. The Kier molecular flexibility index (Phi) is 7.08. The van der Waals surface area contributed by atoms with Crippen LogP contribution in [0.15, 0.2) is 16.6 Å². The lowest BCUT2D eigenvalue weighted by Crippen LogP contribution is -2.53. The molecule has 3 N–H and O–H groups in total. The number of rotatable bonds is 6. The fourth-order valence-corrected chi connectivity index (χ4v) is 1.70. The lowest BCUT2D eigenvalue weighted by atomic mass is 10.2. The lowest BCUT2D eigenvalue weighted by Gasteiger charge is -2.25. The van der Waals surface area contributed by atoms with Crippen LogP contribution in [0.5, 0.6) is 0 Å². The van der Waals surface area contributed by atoms with Crippen LogP contribution in [-0.2, 0) is 0 Å². The van der Waals surface area contributed by atoms with Crippen molar-refractivity contribution in [3.8, 4) is 0 Å². The van der Waals surface area contributed by atoms with Gasteiger partial charge in [-0.3, -0.25) is 4.99 Å². The van der Waals surface area contributed by atoms with E-state index in [1.54, 1.807) is 0 Å². The number of allylic oxidation sites excluding steroid dienone is 2. The third-order valence-electron chi connectivity index (χ3n) is 2.94. The maximum atomic E-state index is 4.49. The molecule has 0 aromatic carbocycles. The Morgan fingerprint density at radius 2 is 2.35 bits per heavy atom. The van der Waals surface area contributed by atoms with Crippen molar-refractivity contribution in [2.45, 2.75) is 32.9 Å². The molecule has 2 unspecified atom stereocenters. The Bertz CT molecular complexity index is 254. The molecule has 1 aliphatic rings. The van der Waals surface area contributed by atoms with Crippen LogP contribution >= 0.6 is 0 Å². The first-order valence-electron chi connectivity index (χ1n) is 6.53.